The third-order valence-electron chi connectivity index (χ3n) is 2.36. The summed E-state index contributed by atoms with van der Waals surface area (Å²) in [6, 6.07) is 0.508. The lowest BCUT2D eigenvalue weighted by atomic mass is 10.2. The van der Waals surface area contributed by atoms with E-state index >= 15 is 0 Å². The number of thiazole rings is 1. The summed E-state index contributed by atoms with van der Waals surface area (Å²) in [5.74, 6) is 0. The molecule has 1 atom stereocenters. The molecular weight excluding hydrogens is 192 g/mol. The molecule has 2 heterocycles. The molecule has 66 valence electrons. The Morgan fingerprint density at radius 1 is 1.75 bits per heavy atom. The van der Waals surface area contributed by atoms with E-state index in [1.807, 2.05) is 0 Å². The number of aromatic nitrogens is 1. The maximum absolute atomic E-state index is 5.78. The van der Waals surface area contributed by atoms with Crippen LogP contribution in [0.15, 0.2) is 5.38 Å². The van der Waals surface area contributed by atoms with Crippen LogP contribution < -0.4 is 0 Å². The molecule has 0 bridgehead atoms. The Morgan fingerprint density at radius 3 is 3.08 bits per heavy atom. The van der Waals surface area contributed by atoms with Crippen molar-refractivity contribution in [2.45, 2.75) is 18.9 Å². The highest BCUT2D eigenvalue weighted by Crippen LogP contribution is 2.31. The summed E-state index contributed by atoms with van der Waals surface area (Å²) in [4.78, 5) is 6.62. The second-order valence-corrected chi connectivity index (χ2v) is 4.60. The van der Waals surface area contributed by atoms with Crippen molar-refractivity contribution in [3.05, 3.63) is 15.5 Å². The predicted molar refractivity (Wildman–Crippen MR) is 51.7 cm³/mol. The SMILES string of the molecule is CN1CCCC1c1csc(Cl)n1. The third kappa shape index (κ3) is 1.49. The van der Waals surface area contributed by atoms with E-state index in [0.717, 1.165) is 5.69 Å². The van der Waals surface area contributed by atoms with Gasteiger partial charge in [0.1, 0.15) is 0 Å². The first-order valence-electron chi connectivity index (χ1n) is 4.08. The first-order valence-corrected chi connectivity index (χ1v) is 5.34. The Kier molecular flexibility index (Phi) is 2.35. The quantitative estimate of drug-likeness (QED) is 0.696. The first kappa shape index (κ1) is 8.48. The molecule has 0 aliphatic carbocycles. The van der Waals surface area contributed by atoms with Crippen molar-refractivity contribution in [2.24, 2.45) is 0 Å². The van der Waals surface area contributed by atoms with E-state index in [-0.39, 0.29) is 0 Å². The van der Waals surface area contributed by atoms with Gasteiger partial charge in [-0.25, -0.2) is 4.98 Å². The Labute approximate surface area is 81.2 Å². The molecular formula is C8H11ClN2S. The van der Waals surface area contributed by atoms with Crippen molar-refractivity contribution in [3.8, 4) is 0 Å². The summed E-state index contributed by atoms with van der Waals surface area (Å²) < 4.78 is 0.658. The summed E-state index contributed by atoms with van der Waals surface area (Å²) in [5.41, 5.74) is 1.14. The average molecular weight is 203 g/mol. The highest BCUT2D eigenvalue weighted by molar-refractivity contribution is 7.13. The lowest BCUT2D eigenvalue weighted by Gasteiger charge is -2.16. The number of nitrogens with zero attached hydrogens (tertiary/aromatic N) is 2. The highest BCUT2D eigenvalue weighted by atomic mass is 35.5. The molecule has 1 aromatic heterocycles. The smallest absolute Gasteiger partial charge is 0.183 e. The van der Waals surface area contributed by atoms with Gasteiger partial charge >= 0.3 is 0 Å². The lowest BCUT2D eigenvalue weighted by Crippen LogP contribution is -2.17. The normalized spacial score (nSPS) is 25.0. The highest BCUT2D eigenvalue weighted by Gasteiger charge is 2.24. The molecule has 1 aliphatic rings. The van der Waals surface area contributed by atoms with Crippen molar-refractivity contribution in [1.82, 2.24) is 9.88 Å². The van der Waals surface area contributed by atoms with Gasteiger partial charge in [0, 0.05) is 5.38 Å². The molecule has 1 unspecified atom stereocenters. The van der Waals surface area contributed by atoms with Crippen molar-refractivity contribution >= 4 is 22.9 Å². The molecule has 12 heavy (non-hydrogen) atoms. The van der Waals surface area contributed by atoms with Crippen LogP contribution in [-0.2, 0) is 0 Å². The van der Waals surface area contributed by atoms with Gasteiger partial charge in [0.15, 0.2) is 4.47 Å². The van der Waals surface area contributed by atoms with Crippen LogP contribution in [0.5, 0.6) is 0 Å². The van der Waals surface area contributed by atoms with Gasteiger partial charge in [-0.1, -0.05) is 11.6 Å². The van der Waals surface area contributed by atoms with Gasteiger partial charge in [-0.05, 0) is 26.4 Å². The van der Waals surface area contributed by atoms with Crippen LogP contribution >= 0.6 is 22.9 Å². The summed E-state index contributed by atoms with van der Waals surface area (Å²) in [5, 5.41) is 2.06. The summed E-state index contributed by atoms with van der Waals surface area (Å²) in [7, 11) is 2.14. The van der Waals surface area contributed by atoms with Crippen LogP contribution in [0.1, 0.15) is 24.6 Å². The maximum Gasteiger partial charge on any atom is 0.183 e. The van der Waals surface area contributed by atoms with E-state index < -0.39 is 0 Å². The van der Waals surface area contributed by atoms with E-state index in [0.29, 0.717) is 10.5 Å². The summed E-state index contributed by atoms with van der Waals surface area (Å²) >= 11 is 7.30. The van der Waals surface area contributed by atoms with E-state index in [2.05, 4.69) is 22.3 Å². The van der Waals surface area contributed by atoms with Crippen molar-refractivity contribution in [3.63, 3.8) is 0 Å². The number of rotatable bonds is 1. The Bertz CT molecular complexity index is 274. The fraction of sp³-hybridized carbons (Fsp3) is 0.625. The summed E-state index contributed by atoms with van der Waals surface area (Å²) in [6.07, 6.45) is 2.49. The van der Waals surface area contributed by atoms with Crippen LogP contribution in [-0.4, -0.2) is 23.5 Å². The molecule has 1 aromatic rings. The summed E-state index contributed by atoms with van der Waals surface area (Å²) in [6.45, 7) is 1.18. The lowest BCUT2D eigenvalue weighted by molar-refractivity contribution is 0.313. The van der Waals surface area contributed by atoms with Crippen molar-refractivity contribution in [1.29, 1.82) is 0 Å². The molecule has 0 spiro atoms. The minimum Gasteiger partial charge on any atom is -0.298 e. The van der Waals surface area contributed by atoms with Crippen LogP contribution in [0.25, 0.3) is 0 Å². The van der Waals surface area contributed by atoms with Crippen LogP contribution in [0, 0.1) is 0 Å². The monoisotopic (exact) mass is 202 g/mol. The molecule has 2 nitrogen and oxygen atoms in total. The molecule has 0 aromatic carbocycles. The number of likely N-dealkylation sites (tertiary alicyclic amines) is 1. The minimum absolute atomic E-state index is 0.508. The van der Waals surface area contributed by atoms with E-state index in [4.69, 9.17) is 11.6 Å². The number of hydrogen-bond donors (Lipinski definition) is 0. The number of hydrogen-bond acceptors (Lipinski definition) is 3. The largest absolute Gasteiger partial charge is 0.298 e. The molecule has 1 fully saturated rings. The topological polar surface area (TPSA) is 16.1 Å². The fourth-order valence-electron chi connectivity index (χ4n) is 1.70. The molecule has 2 rings (SSSR count). The van der Waals surface area contributed by atoms with Gasteiger partial charge in [-0.3, -0.25) is 4.90 Å². The zero-order valence-electron chi connectivity index (χ0n) is 6.96. The minimum atomic E-state index is 0.508. The van der Waals surface area contributed by atoms with Gasteiger partial charge in [-0.2, -0.15) is 0 Å². The van der Waals surface area contributed by atoms with Crippen molar-refractivity contribution in [2.75, 3.05) is 13.6 Å². The van der Waals surface area contributed by atoms with E-state index in [1.54, 1.807) is 0 Å². The maximum atomic E-state index is 5.78. The Morgan fingerprint density at radius 2 is 2.58 bits per heavy atom. The Hall–Kier alpha value is -0.120. The standard InChI is InChI=1S/C8H11ClN2S/c1-11-4-2-3-7(11)6-5-12-8(9)10-6/h5,7H,2-4H2,1H3. The molecule has 1 aliphatic heterocycles. The van der Waals surface area contributed by atoms with E-state index in [9.17, 15) is 0 Å². The fourth-order valence-corrected chi connectivity index (χ4v) is 2.52. The van der Waals surface area contributed by atoms with Gasteiger partial charge < -0.3 is 0 Å². The predicted octanol–water partition coefficient (Wildman–Crippen LogP) is 2.56. The van der Waals surface area contributed by atoms with E-state index in [1.165, 1.54) is 30.7 Å². The van der Waals surface area contributed by atoms with Crippen LogP contribution in [0.4, 0.5) is 0 Å². The molecule has 0 radical (unpaired) electrons. The first-order chi connectivity index (χ1) is 5.77. The second-order valence-electron chi connectivity index (χ2n) is 3.16. The zero-order chi connectivity index (χ0) is 8.55. The van der Waals surface area contributed by atoms with Gasteiger partial charge in [-0.15, -0.1) is 11.3 Å². The average Bonchev–Trinajstić information content (AvgIpc) is 2.58. The molecule has 0 saturated carbocycles. The van der Waals surface area contributed by atoms with Crippen molar-refractivity contribution < 1.29 is 0 Å². The second kappa shape index (κ2) is 3.32. The van der Waals surface area contributed by atoms with Gasteiger partial charge in [0.05, 0.1) is 11.7 Å². The van der Waals surface area contributed by atoms with Crippen LogP contribution in [0.2, 0.25) is 4.47 Å². The molecule has 4 heteroatoms. The number of halogens is 1. The third-order valence-corrected chi connectivity index (χ3v) is 3.35. The molecule has 0 N–H and O–H groups in total. The van der Waals surface area contributed by atoms with Crippen LogP contribution in [0.3, 0.4) is 0 Å². The van der Waals surface area contributed by atoms with Gasteiger partial charge in [0.25, 0.3) is 0 Å². The molecule has 0 amide bonds. The Balaban J connectivity index is 2.19. The van der Waals surface area contributed by atoms with Gasteiger partial charge in [0.2, 0.25) is 0 Å². The molecule has 1 saturated heterocycles. The zero-order valence-corrected chi connectivity index (χ0v) is 8.53.